The van der Waals surface area contributed by atoms with Crippen molar-refractivity contribution in [3.05, 3.63) is 35.4 Å². The number of carbonyl (C=O) groups excluding carboxylic acids is 2. The Hall–Kier alpha value is -1.84. The second-order valence-corrected chi connectivity index (χ2v) is 6.52. The molecule has 1 fully saturated rings. The quantitative estimate of drug-likeness (QED) is 0.780. The molecule has 0 N–H and O–H groups in total. The number of hydrogen-bond acceptors (Lipinski definition) is 3. The summed E-state index contributed by atoms with van der Waals surface area (Å²) in [6.07, 6.45) is 4.77. The molecule has 2 rings (SSSR count). The van der Waals surface area contributed by atoms with Crippen molar-refractivity contribution in [1.82, 2.24) is 4.90 Å². The molecule has 1 aromatic carbocycles. The molecule has 4 nitrogen and oxygen atoms in total. The van der Waals surface area contributed by atoms with Crippen LogP contribution in [-0.4, -0.2) is 36.5 Å². The molecular weight excluding hydrogens is 290 g/mol. The van der Waals surface area contributed by atoms with E-state index in [1.807, 2.05) is 36.1 Å². The minimum absolute atomic E-state index is 0.0210. The predicted octanol–water partition coefficient (Wildman–Crippen LogP) is 3.58. The fourth-order valence-electron chi connectivity index (χ4n) is 3.35. The van der Waals surface area contributed by atoms with Gasteiger partial charge in [-0.15, -0.1) is 0 Å². The molecule has 1 aromatic rings. The van der Waals surface area contributed by atoms with Gasteiger partial charge in [0.15, 0.2) is 0 Å². The fourth-order valence-corrected chi connectivity index (χ4v) is 3.35. The van der Waals surface area contributed by atoms with E-state index in [1.54, 1.807) is 0 Å². The van der Waals surface area contributed by atoms with Gasteiger partial charge in [-0.3, -0.25) is 9.59 Å². The van der Waals surface area contributed by atoms with E-state index in [4.69, 9.17) is 4.74 Å². The van der Waals surface area contributed by atoms with Gasteiger partial charge in [0.1, 0.15) is 0 Å². The number of amides is 1. The molecule has 2 unspecified atom stereocenters. The normalized spacial score (nSPS) is 20.8. The van der Waals surface area contributed by atoms with Gasteiger partial charge in [-0.2, -0.15) is 0 Å². The molecule has 0 aromatic heterocycles. The summed E-state index contributed by atoms with van der Waals surface area (Å²) in [6, 6.07) is 7.86. The number of aryl methyl sites for hydroxylation is 1. The van der Waals surface area contributed by atoms with Crippen molar-refractivity contribution in [2.24, 2.45) is 5.92 Å². The van der Waals surface area contributed by atoms with Gasteiger partial charge in [0, 0.05) is 18.2 Å². The summed E-state index contributed by atoms with van der Waals surface area (Å²) in [7, 11) is 1.39. The lowest BCUT2D eigenvalue weighted by molar-refractivity contribution is -0.141. The molecule has 1 saturated carbocycles. The van der Waals surface area contributed by atoms with Crippen LogP contribution in [0, 0.1) is 12.8 Å². The maximum Gasteiger partial charge on any atom is 0.307 e. The summed E-state index contributed by atoms with van der Waals surface area (Å²) >= 11 is 0. The monoisotopic (exact) mass is 317 g/mol. The first kappa shape index (κ1) is 17.5. The largest absolute Gasteiger partial charge is 0.469 e. The topological polar surface area (TPSA) is 46.6 Å². The van der Waals surface area contributed by atoms with Crippen LogP contribution in [0.25, 0.3) is 0 Å². The summed E-state index contributed by atoms with van der Waals surface area (Å²) < 4.78 is 4.74. The lowest BCUT2D eigenvalue weighted by Crippen LogP contribution is -2.46. The molecule has 0 heterocycles. The third-order valence-corrected chi connectivity index (χ3v) is 4.81. The maximum absolute atomic E-state index is 13.0. The van der Waals surface area contributed by atoms with Crippen LogP contribution in [0.2, 0.25) is 0 Å². The number of rotatable bonds is 5. The van der Waals surface area contributed by atoms with Crippen LogP contribution in [-0.2, 0) is 9.53 Å². The molecular formula is C19H27NO3. The van der Waals surface area contributed by atoms with Crippen LogP contribution in [0.15, 0.2) is 24.3 Å². The first-order chi connectivity index (χ1) is 11.0. The molecule has 0 bridgehead atoms. The second-order valence-electron chi connectivity index (χ2n) is 6.52. The standard InChI is InChI=1S/C19H27NO3/c1-14-8-10-16(11-9-14)19(22)20(13-12-18(21)23-3)17-7-5-4-6-15(17)2/h8-11,15,17H,4-7,12-13H2,1-3H3. The SMILES string of the molecule is COC(=O)CCN(C(=O)c1ccc(C)cc1)C1CCCCC1C. The summed E-state index contributed by atoms with van der Waals surface area (Å²) in [5, 5.41) is 0. The fraction of sp³-hybridized carbons (Fsp3) is 0.579. The maximum atomic E-state index is 13.0. The molecule has 2 atom stereocenters. The zero-order valence-electron chi connectivity index (χ0n) is 14.4. The van der Waals surface area contributed by atoms with Crippen LogP contribution in [0.5, 0.6) is 0 Å². The predicted molar refractivity (Wildman–Crippen MR) is 90.3 cm³/mol. The van der Waals surface area contributed by atoms with Crippen LogP contribution in [0.3, 0.4) is 0 Å². The summed E-state index contributed by atoms with van der Waals surface area (Å²) in [5.74, 6) is 0.221. The molecule has 1 aliphatic carbocycles. The lowest BCUT2D eigenvalue weighted by Gasteiger charge is -2.38. The van der Waals surface area contributed by atoms with E-state index in [2.05, 4.69) is 6.92 Å². The molecule has 4 heteroatoms. The minimum atomic E-state index is -0.268. The van der Waals surface area contributed by atoms with E-state index in [0.717, 1.165) is 24.8 Å². The van der Waals surface area contributed by atoms with E-state index in [1.165, 1.54) is 13.5 Å². The Kier molecular flexibility index (Phi) is 6.20. The smallest absolute Gasteiger partial charge is 0.307 e. The van der Waals surface area contributed by atoms with Crippen LogP contribution >= 0.6 is 0 Å². The van der Waals surface area contributed by atoms with E-state index in [-0.39, 0.29) is 24.3 Å². The summed E-state index contributed by atoms with van der Waals surface area (Å²) in [5.41, 5.74) is 1.83. The van der Waals surface area contributed by atoms with Crippen LogP contribution in [0.4, 0.5) is 0 Å². The Morgan fingerprint density at radius 2 is 1.83 bits per heavy atom. The average molecular weight is 317 g/mol. The van der Waals surface area contributed by atoms with E-state index >= 15 is 0 Å². The van der Waals surface area contributed by atoms with Gasteiger partial charge in [-0.05, 0) is 37.8 Å². The van der Waals surface area contributed by atoms with Crippen molar-refractivity contribution in [1.29, 1.82) is 0 Å². The van der Waals surface area contributed by atoms with Gasteiger partial charge in [0.2, 0.25) is 0 Å². The molecule has 0 spiro atoms. The van der Waals surface area contributed by atoms with Crippen molar-refractivity contribution in [3.8, 4) is 0 Å². The zero-order valence-corrected chi connectivity index (χ0v) is 14.4. The van der Waals surface area contributed by atoms with E-state index in [0.29, 0.717) is 18.0 Å². The van der Waals surface area contributed by atoms with E-state index in [9.17, 15) is 9.59 Å². The van der Waals surface area contributed by atoms with Crippen LogP contribution < -0.4 is 0 Å². The van der Waals surface area contributed by atoms with Gasteiger partial charge >= 0.3 is 5.97 Å². The van der Waals surface area contributed by atoms with Crippen molar-refractivity contribution >= 4 is 11.9 Å². The van der Waals surface area contributed by atoms with Gasteiger partial charge in [0.05, 0.1) is 13.5 Å². The Morgan fingerprint density at radius 3 is 2.43 bits per heavy atom. The lowest BCUT2D eigenvalue weighted by atomic mass is 9.84. The second kappa shape index (κ2) is 8.14. The Labute approximate surface area is 138 Å². The highest BCUT2D eigenvalue weighted by atomic mass is 16.5. The van der Waals surface area contributed by atoms with Crippen molar-refractivity contribution in [3.63, 3.8) is 0 Å². The average Bonchev–Trinajstić information content (AvgIpc) is 2.56. The third-order valence-electron chi connectivity index (χ3n) is 4.81. The number of methoxy groups -OCH3 is 1. The van der Waals surface area contributed by atoms with Gasteiger partial charge < -0.3 is 9.64 Å². The van der Waals surface area contributed by atoms with Gasteiger partial charge in [-0.1, -0.05) is 37.5 Å². The molecule has 1 aliphatic rings. The first-order valence-electron chi connectivity index (χ1n) is 8.47. The summed E-state index contributed by atoms with van der Waals surface area (Å²) in [6.45, 7) is 4.64. The van der Waals surface area contributed by atoms with E-state index < -0.39 is 0 Å². The van der Waals surface area contributed by atoms with Crippen LogP contribution in [0.1, 0.15) is 54.9 Å². The number of benzene rings is 1. The van der Waals surface area contributed by atoms with Crippen molar-refractivity contribution in [2.75, 3.05) is 13.7 Å². The number of ether oxygens (including phenoxy) is 1. The zero-order chi connectivity index (χ0) is 16.8. The van der Waals surface area contributed by atoms with Crippen molar-refractivity contribution in [2.45, 2.75) is 52.0 Å². The third kappa shape index (κ3) is 4.57. The molecule has 126 valence electrons. The highest BCUT2D eigenvalue weighted by molar-refractivity contribution is 5.94. The molecule has 23 heavy (non-hydrogen) atoms. The molecule has 0 aliphatic heterocycles. The Morgan fingerprint density at radius 1 is 1.17 bits per heavy atom. The number of carbonyl (C=O) groups is 2. The Bertz CT molecular complexity index is 538. The summed E-state index contributed by atoms with van der Waals surface area (Å²) in [4.78, 5) is 26.4. The highest BCUT2D eigenvalue weighted by Gasteiger charge is 2.31. The van der Waals surface area contributed by atoms with Crippen molar-refractivity contribution < 1.29 is 14.3 Å². The highest BCUT2D eigenvalue weighted by Crippen LogP contribution is 2.29. The van der Waals surface area contributed by atoms with Gasteiger partial charge in [-0.25, -0.2) is 0 Å². The molecule has 0 radical (unpaired) electrons. The first-order valence-corrected chi connectivity index (χ1v) is 8.47. The van der Waals surface area contributed by atoms with Gasteiger partial charge in [0.25, 0.3) is 5.91 Å². The number of esters is 1. The molecule has 0 saturated heterocycles. The Balaban J connectivity index is 2.18. The number of hydrogen-bond donors (Lipinski definition) is 0. The minimum Gasteiger partial charge on any atom is -0.469 e. The molecule has 1 amide bonds. The number of nitrogens with zero attached hydrogens (tertiary/aromatic N) is 1.